The second kappa shape index (κ2) is 7.20. The van der Waals surface area contributed by atoms with Gasteiger partial charge < -0.3 is 10.4 Å². The molecule has 0 radical (unpaired) electrons. The van der Waals surface area contributed by atoms with E-state index in [4.69, 9.17) is 0 Å². The first-order valence-corrected chi connectivity index (χ1v) is 11.5. The Hall–Kier alpha value is -3.73. The summed E-state index contributed by atoms with van der Waals surface area (Å²) in [6, 6.07) is 6.72. The molecule has 1 aliphatic carbocycles. The molecule has 0 saturated carbocycles. The number of aromatic nitrogens is 5. The Balaban J connectivity index is 1.43. The number of hydrogen-bond acceptors (Lipinski definition) is 8. The molecule has 11 heteroatoms. The highest BCUT2D eigenvalue weighted by Gasteiger charge is 2.28. The minimum atomic E-state index is -3.33. The standard InChI is InChI=1S/C20H19N7O3S/c1-31(29,30)26-14-4-2-13(3-5-14)24-20-22-8-12-9-23-27(19(12)25-20)17-7-6-15-16(17)10-21-11-18(15)28/h2-5,8-11,17,26,28H,6-7H2,1H3,(H,22,24,25). The third kappa shape index (κ3) is 3.75. The van der Waals surface area contributed by atoms with Gasteiger partial charge in [0.05, 0.1) is 30.1 Å². The van der Waals surface area contributed by atoms with Crippen LogP contribution >= 0.6 is 0 Å². The summed E-state index contributed by atoms with van der Waals surface area (Å²) >= 11 is 0. The number of anilines is 3. The summed E-state index contributed by atoms with van der Waals surface area (Å²) in [6.07, 6.45) is 9.30. The van der Waals surface area contributed by atoms with Crippen LogP contribution in [0, 0.1) is 0 Å². The van der Waals surface area contributed by atoms with E-state index >= 15 is 0 Å². The molecule has 0 spiro atoms. The van der Waals surface area contributed by atoms with Gasteiger partial charge in [-0.2, -0.15) is 10.1 Å². The first-order chi connectivity index (χ1) is 14.9. The van der Waals surface area contributed by atoms with Gasteiger partial charge in [-0.1, -0.05) is 0 Å². The van der Waals surface area contributed by atoms with Crippen LogP contribution in [0.15, 0.2) is 49.1 Å². The molecule has 158 valence electrons. The molecular weight excluding hydrogens is 418 g/mol. The largest absolute Gasteiger partial charge is 0.506 e. The molecule has 0 saturated heterocycles. The summed E-state index contributed by atoms with van der Waals surface area (Å²) in [5, 5.41) is 18.5. The monoisotopic (exact) mass is 437 g/mol. The molecule has 31 heavy (non-hydrogen) atoms. The molecule has 10 nitrogen and oxygen atoms in total. The normalized spacial score (nSPS) is 15.7. The maximum absolute atomic E-state index is 11.3. The highest BCUT2D eigenvalue weighted by atomic mass is 32.2. The van der Waals surface area contributed by atoms with Crippen molar-refractivity contribution in [3.05, 3.63) is 60.2 Å². The fourth-order valence-electron chi connectivity index (χ4n) is 3.83. The molecule has 5 rings (SSSR count). The van der Waals surface area contributed by atoms with Crippen molar-refractivity contribution in [3.8, 4) is 5.75 Å². The highest BCUT2D eigenvalue weighted by molar-refractivity contribution is 7.92. The zero-order chi connectivity index (χ0) is 21.6. The number of aromatic hydroxyl groups is 1. The Kier molecular flexibility index (Phi) is 4.47. The summed E-state index contributed by atoms with van der Waals surface area (Å²) in [5.41, 5.74) is 3.71. The van der Waals surface area contributed by atoms with Crippen LogP contribution in [0.1, 0.15) is 23.6 Å². The number of sulfonamides is 1. The maximum Gasteiger partial charge on any atom is 0.229 e. The number of pyridine rings is 1. The summed E-state index contributed by atoms with van der Waals surface area (Å²) in [7, 11) is -3.33. The SMILES string of the molecule is CS(=O)(=O)Nc1ccc(Nc2ncc3cnn(C4CCc5c(O)cncc54)c3n2)cc1. The van der Waals surface area contributed by atoms with Crippen molar-refractivity contribution in [1.29, 1.82) is 0 Å². The molecule has 0 fully saturated rings. The average molecular weight is 437 g/mol. The van der Waals surface area contributed by atoms with Gasteiger partial charge in [0.2, 0.25) is 16.0 Å². The van der Waals surface area contributed by atoms with Gasteiger partial charge in [-0.15, -0.1) is 0 Å². The third-order valence-corrected chi connectivity index (χ3v) is 5.78. The smallest absolute Gasteiger partial charge is 0.229 e. The number of benzene rings is 1. The highest BCUT2D eigenvalue weighted by Crippen LogP contribution is 2.38. The van der Waals surface area contributed by atoms with E-state index in [0.29, 0.717) is 23.0 Å². The molecule has 3 aromatic heterocycles. The lowest BCUT2D eigenvalue weighted by Crippen LogP contribution is -2.10. The molecule has 3 N–H and O–H groups in total. The molecule has 0 aliphatic heterocycles. The Morgan fingerprint density at radius 2 is 1.87 bits per heavy atom. The number of rotatable bonds is 5. The second-order valence-corrected chi connectivity index (χ2v) is 9.17. The van der Waals surface area contributed by atoms with E-state index in [2.05, 4.69) is 30.1 Å². The quantitative estimate of drug-likeness (QED) is 0.434. The lowest BCUT2D eigenvalue weighted by Gasteiger charge is -2.13. The number of fused-ring (bicyclic) bond motifs is 2. The summed E-state index contributed by atoms with van der Waals surface area (Å²) in [6.45, 7) is 0. The molecule has 0 bridgehead atoms. The molecule has 1 unspecified atom stereocenters. The van der Waals surface area contributed by atoms with Gasteiger partial charge in [0.15, 0.2) is 5.65 Å². The van der Waals surface area contributed by atoms with Gasteiger partial charge in [-0.3, -0.25) is 9.71 Å². The van der Waals surface area contributed by atoms with Crippen molar-refractivity contribution in [2.24, 2.45) is 0 Å². The van der Waals surface area contributed by atoms with Gasteiger partial charge in [0, 0.05) is 34.9 Å². The van der Waals surface area contributed by atoms with Crippen molar-refractivity contribution in [1.82, 2.24) is 24.7 Å². The molecule has 1 atom stereocenters. The van der Waals surface area contributed by atoms with E-state index in [1.165, 1.54) is 6.20 Å². The van der Waals surface area contributed by atoms with Crippen LogP contribution in [-0.4, -0.2) is 44.5 Å². The Bertz CT molecular complexity index is 1380. The van der Waals surface area contributed by atoms with E-state index in [9.17, 15) is 13.5 Å². The number of nitrogens with zero attached hydrogens (tertiary/aromatic N) is 5. The van der Waals surface area contributed by atoms with E-state index in [1.807, 2.05) is 4.68 Å². The van der Waals surface area contributed by atoms with Gasteiger partial charge in [0.25, 0.3) is 0 Å². The summed E-state index contributed by atoms with van der Waals surface area (Å²) in [5.74, 6) is 0.604. The van der Waals surface area contributed by atoms with Crippen molar-refractivity contribution in [2.45, 2.75) is 18.9 Å². The third-order valence-electron chi connectivity index (χ3n) is 5.17. The van der Waals surface area contributed by atoms with Gasteiger partial charge in [0.1, 0.15) is 5.75 Å². The molecule has 1 aromatic carbocycles. The van der Waals surface area contributed by atoms with E-state index in [0.717, 1.165) is 35.6 Å². The molecular formula is C20H19N7O3S. The number of hydrogen-bond donors (Lipinski definition) is 3. The zero-order valence-electron chi connectivity index (χ0n) is 16.5. The molecule has 4 aromatic rings. The van der Waals surface area contributed by atoms with Gasteiger partial charge in [-0.25, -0.2) is 18.1 Å². The minimum absolute atomic E-state index is 0.0591. The lowest BCUT2D eigenvalue weighted by atomic mass is 10.1. The lowest BCUT2D eigenvalue weighted by molar-refractivity contribution is 0.466. The predicted molar refractivity (Wildman–Crippen MR) is 116 cm³/mol. The van der Waals surface area contributed by atoms with Crippen LogP contribution in [0.2, 0.25) is 0 Å². The zero-order valence-corrected chi connectivity index (χ0v) is 17.3. The first-order valence-electron chi connectivity index (χ1n) is 9.58. The van der Waals surface area contributed by atoms with Crippen molar-refractivity contribution in [3.63, 3.8) is 0 Å². The average Bonchev–Trinajstić information content (AvgIpc) is 3.33. The van der Waals surface area contributed by atoms with Crippen LogP contribution in [-0.2, 0) is 16.4 Å². The summed E-state index contributed by atoms with van der Waals surface area (Å²) in [4.78, 5) is 13.1. The topological polar surface area (TPSA) is 135 Å². The van der Waals surface area contributed by atoms with E-state index in [-0.39, 0.29) is 11.8 Å². The van der Waals surface area contributed by atoms with Gasteiger partial charge in [-0.05, 0) is 37.1 Å². The molecule has 3 heterocycles. The van der Waals surface area contributed by atoms with Crippen LogP contribution in [0.4, 0.5) is 17.3 Å². The van der Waals surface area contributed by atoms with Crippen molar-refractivity contribution < 1.29 is 13.5 Å². The van der Waals surface area contributed by atoms with Crippen LogP contribution in [0.25, 0.3) is 11.0 Å². The van der Waals surface area contributed by atoms with E-state index in [1.54, 1.807) is 42.9 Å². The second-order valence-electron chi connectivity index (χ2n) is 7.42. The van der Waals surface area contributed by atoms with Crippen LogP contribution < -0.4 is 10.0 Å². The van der Waals surface area contributed by atoms with Crippen LogP contribution in [0.3, 0.4) is 0 Å². The first kappa shape index (κ1) is 19.2. The van der Waals surface area contributed by atoms with Gasteiger partial charge >= 0.3 is 0 Å². The Labute approximate surface area is 178 Å². The van der Waals surface area contributed by atoms with Crippen LogP contribution in [0.5, 0.6) is 5.75 Å². The fourth-order valence-corrected chi connectivity index (χ4v) is 4.40. The predicted octanol–water partition coefficient (Wildman–Crippen LogP) is 2.58. The Morgan fingerprint density at radius 1 is 1.10 bits per heavy atom. The molecule has 0 amide bonds. The minimum Gasteiger partial charge on any atom is -0.506 e. The van der Waals surface area contributed by atoms with Crippen molar-refractivity contribution >= 4 is 38.4 Å². The number of nitrogens with one attached hydrogen (secondary N) is 2. The fraction of sp³-hybridized carbons (Fsp3) is 0.200. The molecule has 1 aliphatic rings. The summed E-state index contributed by atoms with van der Waals surface area (Å²) < 4.78 is 26.9. The van der Waals surface area contributed by atoms with Crippen molar-refractivity contribution in [2.75, 3.05) is 16.3 Å². The maximum atomic E-state index is 11.3. The van der Waals surface area contributed by atoms with E-state index < -0.39 is 10.0 Å². The Morgan fingerprint density at radius 3 is 2.65 bits per heavy atom.